The number of fused-ring (bicyclic) bond motifs is 1. The van der Waals surface area contributed by atoms with Crippen molar-refractivity contribution in [3.8, 4) is 0 Å². The molecule has 1 aromatic rings. The van der Waals surface area contributed by atoms with Crippen LogP contribution in [-0.4, -0.2) is 11.3 Å². The summed E-state index contributed by atoms with van der Waals surface area (Å²) < 4.78 is 42.0. The van der Waals surface area contributed by atoms with Crippen molar-refractivity contribution in [2.45, 2.75) is 25.1 Å². The van der Waals surface area contributed by atoms with Gasteiger partial charge in [0.2, 0.25) is 0 Å². The standard InChI is InChI=1S/C9H9F3O2/c10-9(11,12)5-3-7(13)6-1-2-14-8(6)4-5/h1-2,5,7,13H,3-4H2. The molecule has 1 aliphatic rings. The van der Waals surface area contributed by atoms with E-state index in [-0.39, 0.29) is 18.6 Å². The molecule has 0 fully saturated rings. The minimum atomic E-state index is -4.26. The molecule has 1 N–H and O–H groups in total. The van der Waals surface area contributed by atoms with Crippen LogP contribution in [0.5, 0.6) is 0 Å². The molecule has 2 atom stereocenters. The smallest absolute Gasteiger partial charge is 0.392 e. The monoisotopic (exact) mass is 206 g/mol. The molecule has 0 spiro atoms. The number of halogens is 3. The van der Waals surface area contributed by atoms with Crippen LogP contribution in [0.2, 0.25) is 0 Å². The van der Waals surface area contributed by atoms with Crippen molar-refractivity contribution in [2.24, 2.45) is 5.92 Å². The molecule has 2 unspecified atom stereocenters. The summed E-state index contributed by atoms with van der Waals surface area (Å²) in [4.78, 5) is 0. The molecule has 0 amide bonds. The van der Waals surface area contributed by atoms with Gasteiger partial charge in [0.1, 0.15) is 5.76 Å². The normalized spacial score (nSPS) is 27.4. The molecule has 0 bridgehead atoms. The van der Waals surface area contributed by atoms with Crippen molar-refractivity contribution in [2.75, 3.05) is 0 Å². The van der Waals surface area contributed by atoms with E-state index in [2.05, 4.69) is 0 Å². The second kappa shape index (κ2) is 3.02. The first-order valence-electron chi connectivity index (χ1n) is 4.29. The number of aliphatic hydroxyl groups excluding tert-OH is 1. The molecular formula is C9H9F3O2. The highest BCUT2D eigenvalue weighted by Crippen LogP contribution is 2.41. The maximum Gasteiger partial charge on any atom is 0.392 e. The van der Waals surface area contributed by atoms with Gasteiger partial charge in [-0.2, -0.15) is 13.2 Å². The van der Waals surface area contributed by atoms with E-state index in [1.807, 2.05) is 0 Å². The Balaban J connectivity index is 2.26. The molecule has 0 saturated carbocycles. The largest absolute Gasteiger partial charge is 0.469 e. The van der Waals surface area contributed by atoms with Crippen LogP contribution in [0.4, 0.5) is 13.2 Å². The van der Waals surface area contributed by atoms with Crippen molar-refractivity contribution >= 4 is 0 Å². The molecule has 1 heterocycles. The minimum absolute atomic E-state index is 0.164. The Morgan fingerprint density at radius 1 is 1.43 bits per heavy atom. The Morgan fingerprint density at radius 2 is 2.14 bits per heavy atom. The fourth-order valence-electron chi connectivity index (χ4n) is 1.77. The van der Waals surface area contributed by atoms with Gasteiger partial charge in [-0.3, -0.25) is 0 Å². The molecular weight excluding hydrogens is 197 g/mol. The van der Waals surface area contributed by atoms with Crippen LogP contribution in [-0.2, 0) is 6.42 Å². The topological polar surface area (TPSA) is 33.4 Å². The quantitative estimate of drug-likeness (QED) is 0.707. The molecule has 0 aliphatic heterocycles. The highest BCUT2D eigenvalue weighted by Gasteiger charge is 2.44. The highest BCUT2D eigenvalue weighted by atomic mass is 19.4. The van der Waals surface area contributed by atoms with Gasteiger partial charge in [0, 0.05) is 12.0 Å². The Labute approximate surface area is 78.3 Å². The van der Waals surface area contributed by atoms with E-state index in [0.717, 1.165) is 0 Å². The summed E-state index contributed by atoms with van der Waals surface area (Å²) >= 11 is 0. The fraction of sp³-hybridized carbons (Fsp3) is 0.556. The van der Waals surface area contributed by atoms with E-state index < -0.39 is 18.2 Å². The zero-order chi connectivity index (χ0) is 10.3. The summed E-state index contributed by atoms with van der Waals surface area (Å²) in [5.41, 5.74) is 0.491. The second-order valence-electron chi connectivity index (χ2n) is 3.49. The zero-order valence-electron chi connectivity index (χ0n) is 7.21. The lowest BCUT2D eigenvalue weighted by atomic mass is 9.86. The summed E-state index contributed by atoms with van der Waals surface area (Å²) in [6.07, 6.45) is -4.43. The van der Waals surface area contributed by atoms with Crippen molar-refractivity contribution < 1.29 is 22.7 Å². The second-order valence-corrected chi connectivity index (χ2v) is 3.49. The van der Waals surface area contributed by atoms with Crippen LogP contribution in [0.15, 0.2) is 16.7 Å². The Bertz CT molecular complexity index is 329. The van der Waals surface area contributed by atoms with Gasteiger partial charge in [0.15, 0.2) is 0 Å². The predicted octanol–water partition coefficient (Wildman–Crippen LogP) is 2.44. The van der Waals surface area contributed by atoms with Gasteiger partial charge < -0.3 is 9.52 Å². The van der Waals surface area contributed by atoms with Crippen LogP contribution in [0.3, 0.4) is 0 Å². The molecule has 0 radical (unpaired) electrons. The van der Waals surface area contributed by atoms with Crippen molar-refractivity contribution in [1.29, 1.82) is 0 Å². The molecule has 0 saturated heterocycles. The van der Waals surface area contributed by atoms with Crippen molar-refractivity contribution in [1.82, 2.24) is 0 Å². The fourth-order valence-corrected chi connectivity index (χ4v) is 1.77. The van der Waals surface area contributed by atoms with Crippen molar-refractivity contribution in [3.05, 3.63) is 23.7 Å². The third-order valence-corrected chi connectivity index (χ3v) is 2.54. The Morgan fingerprint density at radius 3 is 2.79 bits per heavy atom. The maximum absolute atomic E-state index is 12.4. The third kappa shape index (κ3) is 1.52. The number of hydrogen-bond donors (Lipinski definition) is 1. The molecule has 2 nitrogen and oxygen atoms in total. The first-order valence-corrected chi connectivity index (χ1v) is 4.29. The van der Waals surface area contributed by atoms with Gasteiger partial charge in [-0.15, -0.1) is 0 Å². The van der Waals surface area contributed by atoms with E-state index in [4.69, 9.17) is 4.42 Å². The Kier molecular flexibility index (Phi) is 2.06. The van der Waals surface area contributed by atoms with Gasteiger partial charge in [0.25, 0.3) is 0 Å². The van der Waals surface area contributed by atoms with Crippen molar-refractivity contribution in [3.63, 3.8) is 0 Å². The molecule has 1 aromatic heterocycles. The lowest BCUT2D eigenvalue weighted by Crippen LogP contribution is -2.30. The lowest BCUT2D eigenvalue weighted by molar-refractivity contribution is -0.185. The number of aliphatic hydroxyl groups is 1. The predicted molar refractivity (Wildman–Crippen MR) is 41.5 cm³/mol. The summed E-state index contributed by atoms with van der Waals surface area (Å²) in [5.74, 6) is -1.23. The maximum atomic E-state index is 12.4. The van der Waals surface area contributed by atoms with Crippen LogP contribution < -0.4 is 0 Å². The van der Waals surface area contributed by atoms with Crippen LogP contribution in [0.25, 0.3) is 0 Å². The van der Waals surface area contributed by atoms with Crippen LogP contribution in [0.1, 0.15) is 23.8 Å². The van der Waals surface area contributed by atoms with E-state index in [1.54, 1.807) is 0 Å². The zero-order valence-corrected chi connectivity index (χ0v) is 7.21. The van der Waals surface area contributed by atoms with Gasteiger partial charge in [-0.25, -0.2) is 0 Å². The van der Waals surface area contributed by atoms with Gasteiger partial charge >= 0.3 is 6.18 Å². The van der Waals surface area contributed by atoms with E-state index in [0.29, 0.717) is 5.56 Å². The SMILES string of the molecule is OC1CC(C(F)(F)F)Cc2occc21. The van der Waals surface area contributed by atoms with E-state index in [9.17, 15) is 18.3 Å². The summed E-state index contributed by atoms with van der Waals surface area (Å²) in [6.45, 7) is 0. The first kappa shape index (κ1) is 9.58. The van der Waals surface area contributed by atoms with Gasteiger partial charge in [-0.05, 0) is 12.5 Å². The van der Waals surface area contributed by atoms with E-state index in [1.165, 1.54) is 12.3 Å². The average Bonchev–Trinajstić information content (AvgIpc) is 2.50. The lowest BCUT2D eigenvalue weighted by Gasteiger charge is -2.26. The molecule has 5 heteroatoms. The minimum Gasteiger partial charge on any atom is -0.469 e. The third-order valence-electron chi connectivity index (χ3n) is 2.54. The van der Waals surface area contributed by atoms with Crippen LogP contribution in [0, 0.1) is 5.92 Å². The molecule has 78 valence electrons. The number of furan rings is 1. The summed E-state index contributed by atoms with van der Waals surface area (Å²) in [7, 11) is 0. The number of rotatable bonds is 0. The van der Waals surface area contributed by atoms with Gasteiger partial charge in [0.05, 0.1) is 18.3 Å². The molecule has 14 heavy (non-hydrogen) atoms. The average molecular weight is 206 g/mol. The highest BCUT2D eigenvalue weighted by molar-refractivity contribution is 5.23. The van der Waals surface area contributed by atoms with Gasteiger partial charge in [-0.1, -0.05) is 0 Å². The molecule has 2 rings (SSSR count). The molecule has 1 aliphatic carbocycles. The summed E-state index contributed by atoms with van der Waals surface area (Å²) in [5, 5.41) is 9.42. The number of hydrogen-bond acceptors (Lipinski definition) is 2. The Hall–Kier alpha value is -0.970. The number of alkyl halides is 3. The van der Waals surface area contributed by atoms with Crippen LogP contribution >= 0.6 is 0 Å². The summed E-state index contributed by atoms with van der Waals surface area (Å²) in [6, 6.07) is 1.52. The van der Waals surface area contributed by atoms with E-state index >= 15 is 0 Å². The first-order chi connectivity index (χ1) is 6.48. The molecule has 0 aromatic carbocycles.